The number of rotatable bonds is 13. The molecule has 0 aliphatic rings. The van der Waals surface area contributed by atoms with Crippen LogP contribution in [-0.2, 0) is 25.0 Å². The van der Waals surface area contributed by atoms with Gasteiger partial charge in [-0.15, -0.1) is 0 Å². The monoisotopic (exact) mass is 436 g/mol. The number of hydrogen-bond donors (Lipinski definition) is 5. The van der Waals surface area contributed by atoms with Crippen LogP contribution < -0.4 is 0 Å². The van der Waals surface area contributed by atoms with E-state index in [0.717, 1.165) is 26.2 Å². The van der Waals surface area contributed by atoms with Crippen molar-refractivity contribution >= 4 is 26.2 Å². The Morgan fingerprint density at radius 2 is 1.22 bits per heavy atom. The maximum absolute atomic E-state index is 10.8. The Bertz CT molecular complexity index is 598. The van der Waals surface area contributed by atoms with Gasteiger partial charge in [-0.1, -0.05) is 58.3 Å². The van der Waals surface area contributed by atoms with Crippen molar-refractivity contribution in [2.24, 2.45) is 0 Å². The summed E-state index contributed by atoms with van der Waals surface area (Å²) in [5.74, 6) is -1.47. The lowest BCUT2D eigenvalue weighted by Gasteiger charge is -2.08. The molecule has 0 rings (SSSR count). The van der Waals surface area contributed by atoms with Crippen molar-refractivity contribution in [2.75, 3.05) is 0 Å². The summed E-state index contributed by atoms with van der Waals surface area (Å²) in [5.41, 5.74) is -2.10. The number of carboxylic acids is 1. The van der Waals surface area contributed by atoms with Crippen molar-refractivity contribution in [3.8, 4) is 0 Å². The molecule has 3 unspecified atom stereocenters. The van der Waals surface area contributed by atoms with Gasteiger partial charge in [0.15, 0.2) is 5.25 Å². The van der Waals surface area contributed by atoms with Crippen molar-refractivity contribution in [3.05, 3.63) is 0 Å². The number of carboxylic acid groups (broad SMARTS) is 1. The lowest BCUT2D eigenvalue weighted by Crippen LogP contribution is -2.30. The first kappa shape index (κ1) is 28.4. The lowest BCUT2D eigenvalue weighted by atomic mass is 10.1. The zero-order valence-corrected chi connectivity index (χ0v) is 17.3. The van der Waals surface area contributed by atoms with Crippen molar-refractivity contribution in [1.82, 2.24) is 0 Å². The molecule has 3 atom stereocenters. The molecule has 27 heavy (non-hydrogen) atoms. The second kappa shape index (κ2) is 14.2. The maximum atomic E-state index is 10.8. The largest absolute Gasteiger partial charge is 0.480 e. The number of carbonyl (C=O) groups is 1. The van der Waals surface area contributed by atoms with Crippen molar-refractivity contribution in [2.45, 2.75) is 88.4 Å². The zero-order chi connectivity index (χ0) is 21.7. The van der Waals surface area contributed by atoms with Crippen molar-refractivity contribution in [3.63, 3.8) is 0 Å². The summed E-state index contributed by atoms with van der Waals surface area (Å²) in [4.78, 5) is 10.6. The van der Waals surface area contributed by atoms with Crippen LogP contribution >= 0.6 is 0 Å². The van der Waals surface area contributed by atoms with Gasteiger partial charge in [0.2, 0.25) is 5.44 Å². The summed E-state index contributed by atoms with van der Waals surface area (Å²) in [6.07, 6.45) is 6.77. The molecule has 0 aromatic carbocycles. The van der Waals surface area contributed by atoms with E-state index in [2.05, 4.69) is 6.92 Å². The highest BCUT2D eigenvalue weighted by molar-refractivity contribution is 7.87. The minimum atomic E-state index is -4.50. The Morgan fingerprint density at radius 3 is 1.48 bits per heavy atom. The standard InChI is InChI=1S/C12H24O5S.C3H8O5S/c1-2-3-4-5-6-7-8-9-10-11(12(13)14)18(15,16)17;1-2(4)3(5)9(6,7)8/h11H,2-10H2,1H3,(H,13,14)(H,15,16,17);2-5H,1H3,(H,6,7,8). The minimum absolute atomic E-state index is 0.0108. The fraction of sp³-hybridized carbons (Fsp3) is 0.933. The number of aliphatic hydroxyl groups is 2. The third-order valence-corrected chi connectivity index (χ3v) is 5.83. The second-order valence-electron chi connectivity index (χ2n) is 6.25. The normalized spacial score (nSPS) is 15.3. The Morgan fingerprint density at radius 1 is 0.815 bits per heavy atom. The van der Waals surface area contributed by atoms with E-state index in [1.807, 2.05) is 0 Å². The van der Waals surface area contributed by atoms with E-state index in [4.69, 9.17) is 24.4 Å². The molecule has 0 heterocycles. The van der Waals surface area contributed by atoms with Crippen LogP contribution in [0.25, 0.3) is 0 Å². The number of aliphatic hydroxyl groups excluding tert-OH is 2. The zero-order valence-electron chi connectivity index (χ0n) is 15.7. The molecule has 0 radical (unpaired) electrons. The Labute approximate surface area is 161 Å². The molecule has 0 aliphatic carbocycles. The summed E-state index contributed by atoms with van der Waals surface area (Å²) < 4.78 is 58.2. The van der Waals surface area contributed by atoms with E-state index in [-0.39, 0.29) is 6.42 Å². The number of hydrogen-bond acceptors (Lipinski definition) is 7. The van der Waals surface area contributed by atoms with Crippen LogP contribution in [0.2, 0.25) is 0 Å². The van der Waals surface area contributed by atoms with Gasteiger partial charge in [0.25, 0.3) is 20.2 Å². The van der Waals surface area contributed by atoms with E-state index >= 15 is 0 Å². The molecule has 0 bridgehead atoms. The van der Waals surface area contributed by atoms with Gasteiger partial charge >= 0.3 is 5.97 Å². The molecule has 0 aliphatic heterocycles. The molecule has 0 aromatic heterocycles. The van der Waals surface area contributed by atoms with Crippen molar-refractivity contribution in [1.29, 1.82) is 0 Å². The van der Waals surface area contributed by atoms with Gasteiger partial charge in [-0.05, 0) is 13.3 Å². The molecule has 5 N–H and O–H groups in total. The molecule has 0 amide bonds. The molecule has 0 saturated heterocycles. The third-order valence-electron chi connectivity index (χ3n) is 3.67. The summed E-state index contributed by atoms with van der Waals surface area (Å²) in [7, 11) is -8.96. The fourth-order valence-electron chi connectivity index (χ4n) is 2.11. The molecule has 0 aromatic rings. The van der Waals surface area contributed by atoms with E-state index in [9.17, 15) is 21.6 Å². The predicted molar refractivity (Wildman–Crippen MR) is 99.4 cm³/mol. The van der Waals surface area contributed by atoms with Gasteiger partial charge in [-0.3, -0.25) is 13.9 Å². The predicted octanol–water partition coefficient (Wildman–Crippen LogP) is 1.43. The molecule has 12 heteroatoms. The first-order chi connectivity index (χ1) is 12.2. The maximum Gasteiger partial charge on any atom is 0.324 e. The van der Waals surface area contributed by atoms with Gasteiger partial charge in [-0.2, -0.15) is 16.8 Å². The first-order valence-corrected chi connectivity index (χ1v) is 11.8. The quantitative estimate of drug-likeness (QED) is 0.209. The Balaban J connectivity index is 0. The minimum Gasteiger partial charge on any atom is -0.480 e. The summed E-state index contributed by atoms with van der Waals surface area (Å²) in [6, 6.07) is 0. The summed E-state index contributed by atoms with van der Waals surface area (Å²) in [5, 5.41) is 23.7. The highest BCUT2D eigenvalue weighted by Gasteiger charge is 2.29. The molecule has 0 spiro atoms. The molecule has 0 fully saturated rings. The van der Waals surface area contributed by atoms with Gasteiger partial charge in [0.05, 0.1) is 6.10 Å². The van der Waals surface area contributed by atoms with E-state index in [1.165, 1.54) is 25.7 Å². The van der Waals surface area contributed by atoms with Crippen LogP contribution in [-0.4, -0.2) is 64.0 Å². The first-order valence-electron chi connectivity index (χ1n) is 8.76. The number of aliphatic carboxylic acids is 1. The molecule has 164 valence electrons. The van der Waals surface area contributed by atoms with Crippen LogP contribution in [0, 0.1) is 0 Å². The molecule has 0 saturated carbocycles. The highest BCUT2D eigenvalue weighted by atomic mass is 32.2. The Kier molecular flexibility index (Phi) is 15.0. The van der Waals surface area contributed by atoms with Crippen LogP contribution in [0.1, 0.15) is 71.6 Å². The van der Waals surface area contributed by atoms with Crippen LogP contribution in [0.3, 0.4) is 0 Å². The van der Waals surface area contributed by atoms with Crippen LogP contribution in [0.4, 0.5) is 0 Å². The van der Waals surface area contributed by atoms with Gasteiger partial charge in [-0.25, -0.2) is 0 Å². The van der Waals surface area contributed by atoms with Crippen molar-refractivity contribution < 1.29 is 46.1 Å². The topological polar surface area (TPSA) is 186 Å². The molecular formula is C15H32O10S2. The summed E-state index contributed by atoms with van der Waals surface area (Å²) >= 11 is 0. The lowest BCUT2D eigenvalue weighted by molar-refractivity contribution is -0.136. The van der Waals surface area contributed by atoms with Crippen LogP contribution in [0.5, 0.6) is 0 Å². The highest BCUT2D eigenvalue weighted by Crippen LogP contribution is 2.13. The molecular weight excluding hydrogens is 404 g/mol. The third kappa shape index (κ3) is 15.9. The Hall–Kier alpha value is -0.790. The average Bonchev–Trinajstić information content (AvgIpc) is 2.50. The van der Waals surface area contributed by atoms with Gasteiger partial charge in [0.1, 0.15) is 0 Å². The van der Waals surface area contributed by atoms with E-state index in [0.29, 0.717) is 6.42 Å². The smallest absolute Gasteiger partial charge is 0.324 e. The fourth-order valence-corrected chi connectivity index (χ4v) is 3.33. The molecule has 10 nitrogen and oxygen atoms in total. The van der Waals surface area contributed by atoms with Gasteiger partial charge in [0, 0.05) is 0 Å². The summed E-state index contributed by atoms with van der Waals surface area (Å²) in [6.45, 7) is 3.21. The number of unbranched alkanes of at least 4 members (excludes halogenated alkanes) is 7. The van der Waals surface area contributed by atoms with E-state index < -0.39 is 43.0 Å². The van der Waals surface area contributed by atoms with E-state index in [1.54, 1.807) is 0 Å². The SMILES string of the molecule is CC(O)C(O)S(=O)(=O)O.CCCCCCCCCCC(C(=O)O)S(=O)(=O)O. The second-order valence-corrected chi connectivity index (χ2v) is 9.36. The average molecular weight is 437 g/mol. The van der Waals surface area contributed by atoms with Crippen LogP contribution in [0.15, 0.2) is 0 Å². The van der Waals surface area contributed by atoms with Gasteiger partial charge < -0.3 is 15.3 Å².